The summed E-state index contributed by atoms with van der Waals surface area (Å²) in [5.74, 6) is -2.00. The monoisotopic (exact) mass is 283 g/mol. The lowest BCUT2D eigenvalue weighted by Crippen LogP contribution is -2.30. The minimum Gasteiger partial charge on any atom is -0.481 e. The molecule has 1 aromatic carbocycles. The first-order valence-corrected chi connectivity index (χ1v) is 6.30. The molecule has 0 saturated heterocycles. The maximum absolute atomic E-state index is 13.0. The third-order valence-electron chi connectivity index (χ3n) is 2.78. The average molecular weight is 283 g/mol. The number of benzene rings is 1. The van der Waals surface area contributed by atoms with Crippen LogP contribution in [0.4, 0.5) is 4.39 Å². The van der Waals surface area contributed by atoms with Gasteiger partial charge in [0.05, 0.1) is 12.5 Å². The fourth-order valence-electron chi connectivity index (χ4n) is 1.74. The summed E-state index contributed by atoms with van der Waals surface area (Å²) in [6.07, 6.45) is -1.31. The highest BCUT2D eigenvalue weighted by molar-refractivity contribution is 5.76. The van der Waals surface area contributed by atoms with Gasteiger partial charge < -0.3 is 15.5 Å². The number of rotatable bonds is 7. The summed E-state index contributed by atoms with van der Waals surface area (Å²) in [4.78, 5) is 22.1. The highest BCUT2D eigenvalue weighted by Crippen LogP contribution is 2.17. The predicted molar refractivity (Wildman–Crippen MR) is 70.4 cm³/mol. The van der Waals surface area contributed by atoms with Crippen LogP contribution in [0.1, 0.15) is 31.4 Å². The van der Waals surface area contributed by atoms with Crippen LogP contribution in [0.15, 0.2) is 24.3 Å². The molecule has 0 spiro atoms. The van der Waals surface area contributed by atoms with Crippen molar-refractivity contribution < 1.29 is 24.2 Å². The normalized spacial score (nSPS) is 13.6. The van der Waals surface area contributed by atoms with Crippen molar-refractivity contribution in [2.24, 2.45) is 5.92 Å². The Morgan fingerprint density at radius 2 is 2.05 bits per heavy atom. The molecule has 0 bridgehead atoms. The third-order valence-corrected chi connectivity index (χ3v) is 2.78. The molecule has 1 rings (SSSR count). The molecule has 110 valence electrons. The van der Waals surface area contributed by atoms with Crippen molar-refractivity contribution in [1.82, 2.24) is 5.32 Å². The Balaban J connectivity index is 2.40. The second-order valence-corrected chi connectivity index (χ2v) is 4.78. The number of aliphatic carboxylic acids is 1. The van der Waals surface area contributed by atoms with E-state index < -0.39 is 23.8 Å². The number of nitrogens with one attached hydrogen (secondary N) is 1. The van der Waals surface area contributed by atoms with Crippen LogP contribution < -0.4 is 5.32 Å². The van der Waals surface area contributed by atoms with Gasteiger partial charge in [-0.05, 0) is 23.6 Å². The van der Waals surface area contributed by atoms with Crippen molar-refractivity contribution in [2.45, 2.75) is 25.9 Å². The van der Waals surface area contributed by atoms with Crippen LogP contribution in [-0.2, 0) is 9.59 Å². The van der Waals surface area contributed by atoms with Crippen LogP contribution in [0.25, 0.3) is 0 Å². The Bertz CT molecular complexity index is 478. The van der Waals surface area contributed by atoms with Gasteiger partial charge in [0.2, 0.25) is 5.91 Å². The number of amides is 1. The zero-order valence-electron chi connectivity index (χ0n) is 11.2. The number of carbonyl (C=O) groups is 2. The van der Waals surface area contributed by atoms with Gasteiger partial charge in [-0.15, -0.1) is 0 Å². The predicted octanol–water partition coefficient (Wildman–Crippen LogP) is 1.48. The molecule has 6 heteroatoms. The quantitative estimate of drug-likeness (QED) is 0.707. The molecule has 0 aliphatic carbocycles. The summed E-state index contributed by atoms with van der Waals surface area (Å²) in [6.45, 7) is 1.93. The Morgan fingerprint density at radius 3 is 2.65 bits per heavy atom. The molecule has 0 radical (unpaired) electrons. The number of carboxylic acids is 1. The molecule has 0 fully saturated rings. The Hall–Kier alpha value is -1.95. The van der Waals surface area contributed by atoms with E-state index in [0.717, 1.165) is 0 Å². The number of hydrogen-bond acceptors (Lipinski definition) is 3. The first-order chi connectivity index (χ1) is 9.38. The van der Waals surface area contributed by atoms with E-state index in [1.165, 1.54) is 24.3 Å². The van der Waals surface area contributed by atoms with Gasteiger partial charge in [-0.2, -0.15) is 0 Å². The van der Waals surface area contributed by atoms with Crippen LogP contribution in [0.5, 0.6) is 0 Å². The molecule has 0 saturated carbocycles. The smallest absolute Gasteiger partial charge is 0.303 e. The Kier molecular flexibility index (Phi) is 6.11. The summed E-state index contributed by atoms with van der Waals surface area (Å²) in [6, 6.07) is 5.42. The lowest BCUT2D eigenvalue weighted by Gasteiger charge is -2.13. The lowest BCUT2D eigenvalue weighted by molar-refractivity contribution is -0.138. The topological polar surface area (TPSA) is 86.6 Å². The van der Waals surface area contributed by atoms with Gasteiger partial charge in [-0.25, -0.2) is 4.39 Å². The largest absolute Gasteiger partial charge is 0.481 e. The molecule has 2 unspecified atom stereocenters. The van der Waals surface area contributed by atoms with Gasteiger partial charge in [0.15, 0.2) is 0 Å². The molecule has 2 atom stereocenters. The van der Waals surface area contributed by atoms with Gasteiger partial charge in [0.1, 0.15) is 5.82 Å². The number of aliphatic hydroxyl groups excluding tert-OH is 1. The maximum Gasteiger partial charge on any atom is 0.303 e. The maximum atomic E-state index is 13.0. The zero-order valence-corrected chi connectivity index (χ0v) is 11.2. The van der Waals surface area contributed by atoms with Crippen molar-refractivity contribution in [3.63, 3.8) is 0 Å². The van der Waals surface area contributed by atoms with Crippen LogP contribution in [0, 0.1) is 11.7 Å². The number of carbonyl (C=O) groups excluding carboxylic acids is 1. The second kappa shape index (κ2) is 7.59. The molecule has 1 amide bonds. The van der Waals surface area contributed by atoms with Gasteiger partial charge in [0.25, 0.3) is 0 Å². The Labute approximate surface area is 116 Å². The molecule has 20 heavy (non-hydrogen) atoms. The molecule has 0 aliphatic rings. The number of hydrogen-bond donors (Lipinski definition) is 3. The summed E-state index contributed by atoms with van der Waals surface area (Å²) in [5, 5.41) is 20.9. The Morgan fingerprint density at radius 1 is 1.35 bits per heavy atom. The molecule has 3 N–H and O–H groups in total. The molecule has 5 nitrogen and oxygen atoms in total. The van der Waals surface area contributed by atoms with E-state index >= 15 is 0 Å². The second-order valence-electron chi connectivity index (χ2n) is 4.78. The van der Waals surface area contributed by atoms with Crippen LogP contribution in [0.3, 0.4) is 0 Å². The van der Waals surface area contributed by atoms with E-state index in [4.69, 9.17) is 5.11 Å². The van der Waals surface area contributed by atoms with E-state index in [2.05, 4.69) is 5.32 Å². The summed E-state index contributed by atoms with van der Waals surface area (Å²) in [5.41, 5.74) is 0.332. The van der Waals surface area contributed by atoms with E-state index in [1.807, 2.05) is 0 Å². The highest BCUT2D eigenvalue weighted by atomic mass is 19.1. The van der Waals surface area contributed by atoms with E-state index in [0.29, 0.717) is 5.56 Å². The number of halogens is 1. The van der Waals surface area contributed by atoms with E-state index in [1.54, 1.807) is 6.92 Å². The summed E-state index contributed by atoms with van der Waals surface area (Å²) in [7, 11) is 0. The lowest BCUT2D eigenvalue weighted by atomic mass is 10.1. The van der Waals surface area contributed by atoms with E-state index in [9.17, 15) is 19.1 Å². The van der Waals surface area contributed by atoms with Crippen molar-refractivity contribution in [1.29, 1.82) is 0 Å². The number of aliphatic hydroxyl groups is 1. The first-order valence-electron chi connectivity index (χ1n) is 6.30. The standard InChI is InChI=1S/C14H18FNO4/c1-9(5-14(19)20)8-16-13(18)7-12(17)10-3-2-4-11(15)6-10/h2-4,6,9,12,17H,5,7-8H2,1H3,(H,16,18)(H,19,20). The van der Waals surface area contributed by atoms with Crippen LogP contribution in [-0.4, -0.2) is 28.6 Å². The molecule has 0 aromatic heterocycles. The molecular formula is C14H18FNO4. The fraction of sp³-hybridized carbons (Fsp3) is 0.429. The van der Waals surface area contributed by atoms with Crippen molar-refractivity contribution in [3.8, 4) is 0 Å². The highest BCUT2D eigenvalue weighted by Gasteiger charge is 2.15. The molecule has 1 aromatic rings. The summed E-state index contributed by atoms with van der Waals surface area (Å²) >= 11 is 0. The van der Waals surface area contributed by atoms with Crippen LogP contribution >= 0.6 is 0 Å². The zero-order chi connectivity index (χ0) is 15.1. The fourth-order valence-corrected chi connectivity index (χ4v) is 1.74. The molecule has 0 aliphatic heterocycles. The van der Waals surface area contributed by atoms with Crippen molar-refractivity contribution >= 4 is 11.9 Å². The minimum absolute atomic E-state index is 0.0350. The molecular weight excluding hydrogens is 265 g/mol. The molecule has 0 heterocycles. The average Bonchev–Trinajstić information content (AvgIpc) is 2.35. The third kappa shape index (κ3) is 5.79. The van der Waals surface area contributed by atoms with Gasteiger partial charge >= 0.3 is 5.97 Å². The minimum atomic E-state index is -1.08. The first kappa shape index (κ1) is 16.1. The van der Waals surface area contributed by atoms with Crippen LogP contribution in [0.2, 0.25) is 0 Å². The van der Waals surface area contributed by atoms with Crippen molar-refractivity contribution in [2.75, 3.05) is 6.54 Å². The van der Waals surface area contributed by atoms with Gasteiger partial charge in [0, 0.05) is 13.0 Å². The van der Waals surface area contributed by atoms with E-state index in [-0.39, 0.29) is 25.3 Å². The SMILES string of the molecule is CC(CNC(=O)CC(O)c1cccc(F)c1)CC(=O)O. The van der Waals surface area contributed by atoms with Gasteiger partial charge in [-0.1, -0.05) is 19.1 Å². The summed E-state index contributed by atoms with van der Waals surface area (Å²) < 4.78 is 13.0. The number of carboxylic acid groups (broad SMARTS) is 1. The van der Waals surface area contributed by atoms with Gasteiger partial charge in [-0.3, -0.25) is 9.59 Å². The van der Waals surface area contributed by atoms with Crippen molar-refractivity contribution in [3.05, 3.63) is 35.6 Å².